The number of nitrogens with one attached hydrogen (secondary N) is 1. The van der Waals surface area contributed by atoms with Crippen LogP contribution in [0.25, 0.3) is 205 Å². The van der Waals surface area contributed by atoms with E-state index in [1.54, 1.807) is 11.3 Å². The zero-order valence-corrected chi connectivity index (χ0v) is 61.5. The zero-order valence-electron chi connectivity index (χ0n) is 58.2. The second-order valence-corrected chi connectivity index (χ2v) is 31.1. The summed E-state index contributed by atoms with van der Waals surface area (Å²) in [7, 11) is 0. The first-order valence-electron chi connectivity index (χ1n) is 36.3. The molecule has 13 aromatic carbocycles. The molecule has 0 amide bonds. The van der Waals surface area contributed by atoms with Gasteiger partial charge in [0.05, 0.1) is 95.5 Å². The molecule has 1 N–H and O–H groups in total. The van der Waals surface area contributed by atoms with Crippen molar-refractivity contribution in [3.63, 3.8) is 0 Å². The highest BCUT2D eigenvalue weighted by Crippen LogP contribution is 2.46. The van der Waals surface area contributed by atoms with Crippen LogP contribution in [0.5, 0.6) is 0 Å². The molecule has 109 heavy (non-hydrogen) atoms. The molecule has 0 saturated heterocycles. The molecule has 9 nitrogen and oxygen atoms in total. The summed E-state index contributed by atoms with van der Waals surface area (Å²) in [6, 6.07) is 108. The van der Waals surface area contributed by atoms with Crippen LogP contribution in [0.2, 0.25) is 0 Å². The fourth-order valence-electron chi connectivity index (χ4n) is 16.6. The number of fused-ring (bicyclic) bond motifs is 25. The van der Waals surface area contributed by atoms with Crippen LogP contribution in [0.3, 0.4) is 0 Å². The van der Waals surface area contributed by atoms with Gasteiger partial charge >= 0.3 is 0 Å². The van der Waals surface area contributed by atoms with Crippen molar-refractivity contribution >= 4 is 216 Å². The topological polar surface area (TPSA) is 87.1 Å². The van der Waals surface area contributed by atoms with Crippen molar-refractivity contribution in [1.82, 2.24) is 43.2 Å². The fraction of sp³-hybridized carbons (Fsp3) is 0. The van der Waals surface area contributed by atoms with E-state index in [1.807, 2.05) is 89.3 Å². The third-order valence-electron chi connectivity index (χ3n) is 21.4. The minimum atomic E-state index is 0.835. The van der Waals surface area contributed by atoms with Gasteiger partial charge in [-0.15, -0.1) is 45.3 Å². The molecule has 0 radical (unpaired) electrons. The SMILES string of the molecule is c1ccc(-c2cnc(-n3c4ccccc4c4c5sccc5ccc43)cn2)cc1.c1ccc2c(-n3c4ccccc4c4c5[nH]ccc5ccc43)cncc2c1.c1ccc2c(c1)sc1c(-n3c4ccccc4c4c5sccc5ccc43)cccc12.c1ccc2nc(-n3c4ccccc4c4c5sccc5ccc43)ccc2c1. The first kappa shape index (κ1) is 62.9. The maximum Gasteiger partial charge on any atom is 0.156 e. The lowest BCUT2D eigenvalue weighted by atomic mass is 10.1. The van der Waals surface area contributed by atoms with Gasteiger partial charge in [0.2, 0.25) is 0 Å². The van der Waals surface area contributed by atoms with Gasteiger partial charge in [-0.2, -0.15) is 0 Å². The van der Waals surface area contributed by atoms with Gasteiger partial charge in [-0.05, 0) is 135 Å². The van der Waals surface area contributed by atoms with E-state index in [-0.39, 0.29) is 0 Å². The van der Waals surface area contributed by atoms with Gasteiger partial charge in [-0.25, -0.2) is 9.97 Å². The molecule has 0 aliphatic rings. The van der Waals surface area contributed by atoms with E-state index in [1.165, 1.54) is 149 Å². The zero-order chi connectivity index (χ0) is 71.6. The summed E-state index contributed by atoms with van der Waals surface area (Å²) in [5, 5.41) is 28.2. The second-order valence-electron chi connectivity index (χ2n) is 27.3. The highest BCUT2D eigenvalue weighted by atomic mass is 32.1. The molecule has 0 spiro atoms. The Bertz CT molecular complexity index is 7880. The summed E-state index contributed by atoms with van der Waals surface area (Å²) < 4.78 is 16.0. The Balaban J connectivity index is 0.0000000900. The molecule has 0 aliphatic carbocycles. The molecule has 0 saturated carbocycles. The predicted octanol–water partition coefficient (Wildman–Crippen LogP) is 27.2. The Morgan fingerprint density at radius 2 is 0.761 bits per heavy atom. The lowest BCUT2D eigenvalue weighted by molar-refractivity contribution is 1.04. The third kappa shape index (κ3) is 10.2. The summed E-state index contributed by atoms with van der Waals surface area (Å²) in [4.78, 5) is 22.3. The van der Waals surface area contributed by atoms with E-state index in [4.69, 9.17) is 15.0 Å². The average molecular weight is 1470 g/mol. The summed E-state index contributed by atoms with van der Waals surface area (Å²) in [5.41, 5.74) is 16.2. The van der Waals surface area contributed by atoms with Crippen molar-refractivity contribution < 1.29 is 0 Å². The number of para-hydroxylation sites is 5. The Hall–Kier alpha value is -13.4. The smallest absolute Gasteiger partial charge is 0.156 e. The number of hydrogen-bond acceptors (Lipinski definition) is 8. The number of hydrogen-bond donors (Lipinski definition) is 1. The number of benzene rings is 13. The second kappa shape index (κ2) is 25.7. The number of thiophene rings is 4. The molecule has 512 valence electrons. The van der Waals surface area contributed by atoms with Crippen molar-refractivity contribution in [3.05, 3.63) is 350 Å². The number of aromatic nitrogens is 9. The molecular formula is C96H59N9S4. The van der Waals surface area contributed by atoms with Crippen molar-refractivity contribution in [2.45, 2.75) is 0 Å². The molecule has 0 aliphatic heterocycles. The van der Waals surface area contributed by atoms with Crippen LogP contribution in [0.4, 0.5) is 0 Å². The van der Waals surface area contributed by atoms with Gasteiger partial charge in [0.25, 0.3) is 0 Å². The number of nitrogens with zero attached hydrogens (tertiary/aromatic N) is 8. The summed E-state index contributed by atoms with van der Waals surface area (Å²) in [6.07, 6.45) is 9.63. The lowest BCUT2D eigenvalue weighted by Crippen LogP contribution is -1.98. The summed E-state index contributed by atoms with van der Waals surface area (Å²) in [5.74, 6) is 1.80. The first-order chi connectivity index (χ1) is 54.1. The van der Waals surface area contributed by atoms with E-state index >= 15 is 0 Å². The molecule has 12 heterocycles. The van der Waals surface area contributed by atoms with E-state index in [0.29, 0.717) is 0 Å². The van der Waals surface area contributed by atoms with E-state index in [9.17, 15) is 0 Å². The van der Waals surface area contributed by atoms with Crippen LogP contribution in [0.15, 0.2) is 350 Å². The maximum absolute atomic E-state index is 4.95. The van der Waals surface area contributed by atoms with Crippen LogP contribution >= 0.6 is 45.3 Å². The van der Waals surface area contributed by atoms with Crippen LogP contribution in [-0.4, -0.2) is 43.2 Å². The van der Waals surface area contributed by atoms with Crippen molar-refractivity contribution in [2.75, 3.05) is 0 Å². The summed E-state index contributed by atoms with van der Waals surface area (Å²) >= 11 is 7.33. The first-order valence-corrected chi connectivity index (χ1v) is 39.7. The van der Waals surface area contributed by atoms with Gasteiger partial charge in [-0.1, -0.05) is 200 Å². The van der Waals surface area contributed by atoms with Gasteiger partial charge in [-0.3, -0.25) is 19.1 Å². The molecule has 13 heteroatoms. The van der Waals surface area contributed by atoms with Gasteiger partial charge in [0.15, 0.2) is 5.82 Å². The number of pyridine rings is 2. The predicted molar refractivity (Wildman–Crippen MR) is 466 cm³/mol. The minimum absolute atomic E-state index is 0.835. The van der Waals surface area contributed by atoms with Gasteiger partial charge < -0.3 is 14.1 Å². The van der Waals surface area contributed by atoms with E-state index < -0.39 is 0 Å². The van der Waals surface area contributed by atoms with Gasteiger partial charge in [0.1, 0.15) is 5.82 Å². The highest BCUT2D eigenvalue weighted by Gasteiger charge is 2.22. The minimum Gasteiger partial charge on any atom is -0.361 e. The largest absolute Gasteiger partial charge is 0.361 e. The molecule has 25 rings (SSSR count). The standard InChI is InChI=1S/C26H15NS2.C24H15N3S.C23H15N3.C23H14N2S/c1-3-9-20-19(7-1)24-21(13-12-16-14-15-28-25(16)24)27(20)22-10-5-8-18-17-6-2-4-11-23(17)29-26(18)22;1-2-6-16(7-3-1)19-14-26-22(15-25-19)27-20-9-5-4-8-18(20)23-21(27)11-10-17-12-13-28-24(17)23;1-2-6-17-16(5-1)13-24-14-21(17)26-19-8-4-3-7-18(19)22-20(26)10-9-15-11-12-25-23(15)22;1-3-7-18-15(5-1)10-12-21(24-18)25-19-8-4-2-6-17(19)22-20(25)11-9-16-13-14-26-23(16)22/h1-15H;1-15H;1-14,25H;1-14H. The lowest BCUT2D eigenvalue weighted by Gasteiger charge is -2.10. The van der Waals surface area contributed by atoms with Crippen molar-refractivity contribution in [2.24, 2.45) is 0 Å². The number of aromatic amines is 1. The maximum atomic E-state index is 4.95. The number of H-pyrrole nitrogens is 1. The molecule has 0 atom stereocenters. The Labute approximate surface area is 638 Å². The van der Waals surface area contributed by atoms with Gasteiger partial charge in [0, 0.05) is 112 Å². The molecule has 0 bridgehead atoms. The van der Waals surface area contributed by atoms with Crippen LogP contribution in [0, 0.1) is 0 Å². The van der Waals surface area contributed by atoms with Crippen molar-refractivity contribution in [1.29, 1.82) is 0 Å². The molecule has 0 unspecified atom stereocenters. The van der Waals surface area contributed by atoms with Crippen molar-refractivity contribution in [3.8, 4) is 34.3 Å². The monoisotopic (exact) mass is 1470 g/mol. The normalized spacial score (nSPS) is 11.9. The molecule has 12 aromatic heterocycles. The quantitative estimate of drug-likeness (QED) is 0.186. The summed E-state index contributed by atoms with van der Waals surface area (Å²) in [6.45, 7) is 0. The molecule has 0 fully saturated rings. The van der Waals surface area contributed by atoms with Crippen LogP contribution in [-0.2, 0) is 0 Å². The number of rotatable bonds is 5. The molecular weight excluding hydrogens is 1410 g/mol. The Kier molecular flexibility index (Phi) is 14.8. The van der Waals surface area contributed by atoms with E-state index in [2.05, 4.69) is 323 Å². The highest BCUT2D eigenvalue weighted by molar-refractivity contribution is 7.26. The third-order valence-corrected chi connectivity index (χ3v) is 25.4. The molecule has 25 aromatic rings. The van der Waals surface area contributed by atoms with Crippen LogP contribution < -0.4 is 0 Å². The average Bonchev–Trinajstić information content (AvgIpc) is 1.58. The van der Waals surface area contributed by atoms with Crippen LogP contribution in [0.1, 0.15) is 0 Å². The fourth-order valence-corrected chi connectivity index (χ4v) is 20.7. The Morgan fingerprint density at radius 3 is 1.39 bits per heavy atom. The Morgan fingerprint density at radius 1 is 0.275 bits per heavy atom. The van der Waals surface area contributed by atoms with E-state index in [0.717, 1.165) is 55.9 Å².